The van der Waals surface area contributed by atoms with Gasteiger partial charge in [-0.15, -0.1) is 0 Å². The summed E-state index contributed by atoms with van der Waals surface area (Å²) in [6.07, 6.45) is -3.57. The SMILES string of the molecule is CCC(CC)C(=O)c1ccc(C(F)(F)F)c(F)c1. The maximum Gasteiger partial charge on any atom is 0.419 e. The van der Waals surface area contributed by atoms with Crippen LogP contribution in [0.2, 0.25) is 0 Å². The van der Waals surface area contributed by atoms with Gasteiger partial charge in [-0.2, -0.15) is 13.2 Å². The lowest BCUT2D eigenvalue weighted by Gasteiger charge is -2.13. The summed E-state index contributed by atoms with van der Waals surface area (Å²) in [5, 5.41) is 0. The predicted molar refractivity (Wildman–Crippen MR) is 59.8 cm³/mol. The van der Waals surface area contributed by atoms with Crippen molar-refractivity contribution in [2.75, 3.05) is 0 Å². The van der Waals surface area contributed by atoms with Crippen LogP contribution in [0.3, 0.4) is 0 Å². The number of alkyl halides is 3. The smallest absolute Gasteiger partial charge is 0.294 e. The third-order valence-corrected chi connectivity index (χ3v) is 2.92. The van der Waals surface area contributed by atoms with Crippen LogP contribution in [0.15, 0.2) is 18.2 Å². The first-order valence-corrected chi connectivity index (χ1v) is 5.72. The Labute approximate surface area is 103 Å². The van der Waals surface area contributed by atoms with Crippen molar-refractivity contribution in [3.63, 3.8) is 0 Å². The van der Waals surface area contributed by atoms with E-state index >= 15 is 0 Å². The molecule has 100 valence electrons. The quantitative estimate of drug-likeness (QED) is 0.578. The summed E-state index contributed by atoms with van der Waals surface area (Å²) in [6.45, 7) is 3.62. The van der Waals surface area contributed by atoms with Crippen LogP contribution in [0.1, 0.15) is 42.6 Å². The number of carbonyl (C=O) groups excluding carboxylic acids is 1. The van der Waals surface area contributed by atoms with E-state index in [9.17, 15) is 22.4 Å². The maximum absolute atomic E-state index is 13.3. The van der Waals surface area contributed by atoms with Gasteiger partial charge in [-0.25, -0.2) is 4.39 Å². The lowest BCUT2D eigenvalue weighted by Crippen LogP contribution is -2.15. The van der Waals surface area contributed by atoms with Crippen LogP contribution in [0.4, 0.5) is 17.6 Å². The van der Waals surface area contributed by atoms with E-state index in [0.29, 0.717) is 25.0 Å². The highest BCUT2D eigenvalue weighted by molar-refractivity contribution is 5.97. The molecule has 0 aliphatic heterocycles. The zero-order valence-electron chi connectivity index (χ0n) is 10.1. The number of Topliss-reactive ketones (excluding diaryl/α,β-unsaturated/α-hetero) is 1. The maximum atomic E-state index is 13.3. The van der Waals surface area contributed by atoms with Gasteiger partial charge >= 0.3 is 6.18 Å². The van der Waals surface area contributed by atoms with Gasteiger partial charge in [-0.3, -0.25) is 4.79 Å². The Morgan fingerprint density at radius 2 is 1.78 bits per heavy atom. The molecular weight excluding hydrogens is 248 g/mol. The van der Waals surface area contributed by atoms with E-state index in [1.165, 1.54) is 0 Å². The molecule has 0 bridgehead atoms. The average Bonchev–Trinajstić information content (AvgIpc) is 2.28. The minimum absolute atomic E-state index is 0.00537. The molecule has 5 heteroatoms. The van der Waals surface area contributed by atoms with E-state index < -0.39 is 17.6 Å². The number of hydrogen-bond acceptors (Lipinski definition) is 1. The number of halogens is 4. The normalized spacial score (nSPS) is 11.9. The molecule has 1 aromatic carbocycles. The number of carbonyl (C=O) groups is 1. The topological polar surface area (TPSA) is 17.1 Å². The van der Waals surface area contributed by atoms with Crippen LogP contribution >= 0.6 is 0 Å². The zero-order chi connectivity index (χ0) is 13.9. The summed E-state index contributed by atoms with van der Waals surface area (Å²) in [7, 11) is 0. The molecule has 0 fully saturated rings. The van der Waals surface area contributed by atoms with Crippen molar-refractivity contribution in [3.05, 3.63) is 35.1 Å². The molecule has 0 aliphatic rings. The number of rotatable bonds is 4. The highest BCUT2D eigenvalue weighted by Crippen LogP contribution is 2.32. The van der Waals surface area contributed by atoms with Crippen molar-refractivity contribution < 1.29 is 22.4 Å². The van der Waals surface area contributed by atoms with Gasteiger partial charge in [0, 0.05) is 11.5 Å². The Bertz CT molecular complexity index is 433. The van der Waals surface area contributed by atoms with Crippen LogP contribution < -0.4 is 0 Å². The van der Waals surface area contributed by atoms with Gasteiger partial charge in [0.15, 0.2) is 5.78 Å². The molecule has 0 amide bonds. The first kappa shape index (κ1) is 14.7. The van der Waals surface area contributed by atoms with E-state index in [1.54, 1.807) is 0 Å². The molecular formula is C13H14F4O. The summed E-state index contributed by atoms with van der Waals surface area (Å²) in [4.78, 5) is 11.9. The van der Waals surface area contributed by atoms with Crippen LogP contribution in [-0.2, 0) is 6.18 Å². The molecule has 0 aliphatic carbocycles. The standard InChI is InChI=1S/C13H14F4O/c1-3-8(4-2)12(18)9-5-6-10(11(14)7-9)13(15,16)17/h5-8H,3-4H2,1-2H3. The first-order chi connectivity index (χ1) is 8.31. The minimum atomic E-state index is -4.74. The lowest BCUT2D eigenvalue weighted by atomic mass is 9.92. The van der Waals surface area contributed by atoms with Crippen LogP contribution in [-0.4, -0.2) is 5.78 Å². The fourth-order valence-corrected chi connectivity index (χ4v) is 1.79. The Kier molecular flexibility index (Phi) is 4.48. The van der Waals surface area contributed by atoms with E-state index in [1.807, 2.05) is 13.8 Å². The highest BCUT2D eigenvalue weighted by atomic mass is 19.4. The van der Waals surface area contributed by atoms with Crippen LogP contribution in [0, 0.1) is 11.7 Å². The molecule has 18 heavy (non-hydrogen) atoms. The van der Waals surface area contributed by atoms with Crippen molar-refractivity contribution in [2.45, 2.75) is 32.9 Å². The lowest BCUT2D eigenvalue weighted by molar-refractivity contribution is -0.140. The van der Waals surface area contributed by atoms with Gasteiger partial charge in [0.05, 0.1) is 5.56 Å². The van der Waals surface area contributed by atoms with Crippen molar-refractivity contribution in [3.8, 4) is 0 Å². The van der Waals surface area contributed by atoms with Gasteiger partial charge in [0.2, 0.25) is 0 Å². The van der Waals surface area contributed by atoms with E-state index in [4.69, 9.17) is 0 Å². The summed E-state index contributed by atoms with van der Waals surface area (Å²) in [6, 6.07) is 2.32. The molecule has 0 saturated heterocycles. The van der Waals surface area contributed by atoms with E-state index in [0.717, 1.165) is 6.07 Å². The largest absolute Gasteiger partial charge is 0.419 e. The predicted octanol–water partition coefficient (Wildman–Crippen LogP) is 4.46. The average molecular weight is 262 g/mol. The molecule has 1 nitrogen and oxygen atoms in total. The number of hydrogen-bond donors (Lipinski definition) is 0. The molecule has 0 N–H and O–H groups in total. The first-order valence-electron chi connectivity index (χ1n) is 5.72. The third-order valence-electron chi connectivity index (χ3n) is 2.92. The molecule has 0 saturated carbocycles. The highest BCUT2D eigenvalue weighted by Gasteiger charge is 2.34. The van der Waals surface area contributed by atoms with Gasteiger partial charge in [0.25, 0.3) is 0 Å². The number of ketones is 1. The minimum Gasteiger partial charge on any atom is -0.294 e. The van der Waals surface area contributed by atoms with E-state index in [-0.39, 0.29) is 17.3 Å². The van der Waals surface area contributed by atoms with Crippen molar-refractivity contribution in [1.29, 1.82) is 0 Å². The molecule has 1 rings (SSSR count). The van der Waals surface area contributed by atoms with E-state index in [2.05, 4.69) is 0 Å². The molecule has 0 aromatic heterocycles. The third kappa shape index (κ3) is 3.09. The fraction of sp³-hybridized carbons (Fsp3) is 0.462. The molecule has 0 heterocycles. The summed E-state index contributed by atoms with van der Waals surface area (Å²) in [5.74, 6) is -1.99. The van der Waals surface area contributed by atoms with Gasteiger partial charge in [-0.1, -0.05) is 19.9 Å². The summed E-state index contributed by atoms with van der Waals surface area (Å²) < 4.78 is 50.3. The van der Waals surface area contributed by atoms with Crippen LogP contribution in [0.25, 0.3) is 0 Å². The Hall–Kier alpha value is -1.39. The van der Waals surface area contributed by atoms with Crippen molar-refractivity contribution >= 4 is 5.78 Å². The van der Waals surface area contributed by atoms with Crippen LogP contribution in [0.5, 0.6) is 0 Å². The molecule has 0 radical (unpaired) electrons. The molecule has 0 atom stereocenters. The summed E-state index contributed by atoms with van der Waals surface area (Å²) in [5.41, 5.74) is -1.35. The Morgan fingerprint density at radius 3 is 2.17 bits per heavy atom. The second-order valence-corrected chi connectivity index (χ2v) is 4.07. The van der Waals surface area contributed by atoms with Crippen molar-refractivity contribution in [1.82, 2.24) is 0 Å². The summed E-state index contributed by atoms with van der Waals surface area (Å²) >= 11 is 0. The molecule has 0 unspecified atom stereocenters. The van der Waals surface area contributed by atoms with Gasteiger partial charge in [0.1, 0.15) is 5.82 Å². The van der Waals surface area contributed by atoms with Gasteiger partial charge < -0.3 is 0 Å². The van der Waals surface area contributed by atoms with Gasteiger partial charge in [-0.05, 0) is 25.0 Å². The fourth-order valence-electron chi connectivity index (χ4n) is 1.79. The molecule has 1 aromatic rings. The monoisotopic (exact) mass is 262 g/mol. The second-order valence-electron chi connectivity index (χ2n) is 4.07. The zero-order valence-corrected chi connectivity index (χ0v) is 10.1. The Balaban J connectivity index is 3.08. The molecule has 0 spiro atoms. The Morgan fingerprint density at radius 1 is 1.22 bits per heavy atom. The number of benzene rings is 1. The second kappa shape index (κ2) is 5.50. The van der Waals surface area contributed by atoms with Crippen molar-refractivity contribution in [2.24, 2.45) is 5.92 Å².